The molecule has 0 aromatic carbocycles. The first-order valence-electron chi connectivity index (χ1n) is 6.96. The molecule has 1 N–H and O–H groups in total. The first-order chi connectivity index (χ1) is 9.15. The molecule has 104 valence electrons. The lowest BCUT2D eigenvalue weighted by Crippen LogP contribution is -2.42. The highest BCUT2D eigenvalue weighted by molar-refractivity contribution is 8.00. The summed E-state index contributed by atoms with van der Waals surface area (Å²) in [5.74, 6) is 1.61. The van der Waals surface area contributed by atoms with Crippen molar-refractivity contribution in [3.8, 4) is 0 Å². The zero-order valence-corrected chi connectivity index (χ0v) is 12.2. The van der Waals surface area contributed by atoms with Gasteiger partial charge in [-0.15, -0.1) is 10.2 Å². The zero-order valence-electron chi connectivity index (χ0n) is 11.4. The van der Waals surface area contributed by atoms with Crippen LogP contribution in [-0.2, 0) is 11.8 Å². The van der Waals surface area contributed by atoms with E-state index in [0.29, 0.717) is 6.04 Å². The average Bonchev–Trinajstić information content (AvgIpc) is 3.27. The minimum Gasteiger partial charge on any atom is -0.352 e. The molecule has 1 amide bonds. The van der Waals surface area contributed by atoms with Crippen molar-refractivity contribution in [1.29, 1.82) is 0 Å². The average molecular weight is 280 g/mol. The maximum Gasteiger partial charge on any atom is 0.233 e. The van der Waals surface area contributed by atoms with Gasteiger partial charge < -0.3 is 9.88 Å². The van der Waals surface area contributed by atoms with Crippen molar-refractivity contribution in [2.75, 3.05) is 0 Å². The monoisotopic (exact) mass is 280 g/mol. The number of nitrogens with zero attached hydrogens (tertiary/aromatic N) is 3. The summed E-state index contributed by atoms with van der Waals surface area (Å²) in [4.78, 5) is 12.3. The molecule has 1 aromatic heterocycles. The molecule has 2 aliphatic carbocycles. The quantitative estimate of drug-likeness (QED) is 0.804. The topological polar surface area (TPSA) is 59.8 Å². The molecule has 1 heterocycles. The van der Waals surface area contributed by atoms with Crippen LogP contribution in [0.3, 0.4) is 0 Å². The molecule has 19 heavy (non-hydrogen) atoms. The molecular weight excluding hydrogens is 260 g/mol. The normalized spacial score (nSPS) is 20.6. The van der Waals surface area contributed by atoms with Gasteiger partial charge in [-0.05, 0) is 44.4 Å². The molecule has 1 unspecified atom stereocenters. The molecule has 6 heteroatoms. The summed E-state index contributed by atoms with van der Waals surface area (Å²) in [5.41, 5.74) is 0. The lowest BCUT2D eigenvalue weighted by Gasteiger charge is -2.20. The molecule has 2 saturated carbocycles. The standard InChI is InChI=1S/C13H20N4OS/c1-8(19-13-16-14-7-17(13)2)12(18)15-11(9-3-4-9)10-5-6-10/h7-11H,3-6H2,1-2H3,(H,15,18). The summed E-state index contributed by atoms with van der Waals surface area (Å²) in [6.45, 7) is 1.94. The second-order valence-corrected chi connectivity index (χ2v) is 7.00. The van der Waals surface area contributed by atoms with Gasteiger partial charge in [-0.1, -0.05) is 11.8 Å². The van der Waals surface area contributed by atoms with Crippen molar-refractivity contribution in [3.63, 3.8) is 0 Å². The lowest BCUT2D eigenvalue weighted by molar-refractivity contribution is -0.121. The zero-order chi connectivity index (χ0) is 13.4. The van der Waals surface area contributed by atoms with Crippen molar-refractivity contribution < 1.29 is 4.79 Å². The molecule has 1 aromatic rings. The number of carbonyl (C=O) groups is 1. The number of aryl methyl sites for hydroxylation is 1. The van der Waals surface area contributed by atoms with Crippen LogP contribution < -0.4 is 5.32 Å². The Kier molecular flexibility index (Phi) is 3.52. The van der Waals surface area contributed by atoms with Crippen LogP contribution in [0, 0.1) is 11.8 Å². The van der Waals surface area contributed by atoms with Crippen molar-refractivity contribution in [2.45, 2.75) is 49.1 Å². The molecule has 0 aliphatic heterocycles. The van der Waals surface area contributed by atoms with Crippen molar-refractivity contribution >= 4 is 17.7 Å². The predicted molar refractivity (Wildman–Crippen MR) is 73.7 cm³/mol. The second kappa shape index (κ2) is 5.15. The highest BCUT2D eigenvalue weighted by atomic mass is 32.2. The Hall–Kier alpha value is -1.04. The number of rotatable bonds is 6. The largest absolute Gasteiger partial charge is 0.352 e. The van der Waals surface area contributed by atoms with Gasteiger partial charge in [-0.3, -0.25) is 4.79 Å². The van der Waals surface area contributed by atoms with Gasteiger partial charge >= 0.3 is 0 Å². The highest BCUT2D eigenvalue weighted by Crippen LogP contribution is 2.44. The van der Waals surface area contributed by atoms with E-state index < -0.39 is 0 Å². The van der Waals surface area contributed by atoms with E-state index in [2.05, 4.69) is 15.5 Å². The van der Waals surface area contributed by atoms with E-state index in [1.807, 2.05) is 18.5 Å². The van der Waals surface area contributed by atoms with Gasteiger partial charge in [0.1, 0.15) is 6.33 Å². The lowest BCUT2D eigenvalue weighted by atomic mass is 10.1. The van der Waals surface area contributed by atoms with Gasteiger partial charge in [-0.25, -0.2) is 0 Å². The van der Waals surface area contributed by atoms with E-state index in [1.165, 1.54) is 37.4 Å². The molecule has 0 saturated heterocycles. The Labute approximate surface area is 117 Å². The first kappa shape index (κ1) is 13.0. The van der Waals surface area contributed by atoms with Crippen molar-refractivity contribution in [2.24, 2.45) is 18.9 Å². The van der Waals surface area contributed by atoms with Gasteiger partial charge in [0, 0.05) is 13.1 Å². The molecule has 2 fully saturated rings. The molecule has 0 bridgehead atoms. The Morgan fingerprint density at radius 3 is 2.53 bits per heavy atom. The molecular formula is C13H20N4OS. The third kappa shape index (κ3) is 3.11. The second-order valence-electron chi connectivity index (χ2n) is 5.69. The number of amides is 1. The Bertz CT molecular complexity index is 455. The molecule has 2 aliphatic rings. The Morgan fingerprint density at radius 2 is 2.05 bits per heavy atom. The summed E-state index contributed by atoms with van der Waals surface area (Å²) in [6.07, 6.45) is 6.79. The number of hydrogen-bond acceptors (Lipinski definition) is 4. The summed E-state index contributed by atoms with van der Waals surface area (Å²) >= 11 is 1.47. The van der Waals surface area contributed by atoms with E-state index in [9.17, 15) is 4.79 Å². The number of carbonyl (C=O) groups excluding carboxylic acids is 1. The van der Waals surface area contributed by atoms with Crippen LogP contribution in [0.15, 0.2) is 11.5 Å². The third-order valence-corrected chi connectivity index (χ3v) is 5.04. The molecule has 5 nitrogen and oxygen atoms in total. The smallest absolute Gasteiger partial charge is 0.233 e. The van der Waals surface area contributed by atoms with Crippen LogP contribution in [0.5, 0.6) is 0 Å². The van der Waals surface area contributed by atoms with E-state index in [-0.39, 0.29) is 11.2 Å². The fourth-order valence-corrected chi connectivity index (χ4v) is 3.20. The Morgan fingerprint density at radius 1 is 1.42 bits per heavy atom. The van der Waals surface area contributed by atoms with E-state index in [0.717, 1.165) is 17.0 Å². The van der Waals surface area contributed by atoms with Crippen molar-refractivity contribution in [3.05, 3.63) is 6.33 Å². The number of nitrogens with one attached hydrogen (secondary N) is 1. The van der Waals surface area contributed by atoms with Gasteiger partial charge in [0.25, 0.3) is 0 Å². The molecule has 3 rings (SSSR count). The Balaban J connectivity index is 1.55. The minimum atomic E-state index is -0.122. The number of thioether (sulfide) groups is 1. The van der Waals surface area contributed by atoms with Crippen LogP contribution in [0.4, 0.5) is 0 Å². The summed E-state index contributed by atoms with van der Waals surface area (Å²) in [7, 11) is 1.89. The van der Waals surface area contributed by atoms with E-state index in [1.54, 1.807) is 6.33 Å². The first-order valence-corrected chi connectivity index (χ1v) is 7.84. The maximum absolute atomic E-state index is 12.3. The predicted octanol–water partition coefficient (Wildman–Crippen LogP) is 1.60. The fraction of sp³-hybridized carbons (Fsp3) is 0.769. The van der Waals surface area contributed by atoms with Gasteiger partial charge in [-0.2, -0.15) is 0 Å². The van der Waals surface area contributed by atoms with Gasteiger partial charge in [0.15, 0.2) is 5.16 Å². The van der Waals surface area contributed by atoms with Crippen molar-refractivity contribution in [1.82, 2.24) is 20.1 Å². The molecule has 0 radical (unpaired) electrons. The highest BCUT2D eigenvalue weighted by Gasteiger charge is 2.42. The number of aromatic nitrogens is 3. The molecule has 1 atom stereocenters. The van der Waals surface area contributed by atoms with Gasteiger partial charge in [0.05, 0.1) is 5.25 Å². The van der Waals surface area contributed by atoms with Crippen LogP contribution >= 0.6 is 11.8 Å². The van der Waals surface area contributed by atoms with Crippen LogP contribution in [0.1, 0.15) is 32.6 Å². The van der Waals surface area contributed by atoms with Gasteiger partial charge in [0.2, 0.25) is 5.91 Å². The van der Waals surface area contributed by atoms with Crippen LogP contribution in [0.25, 0.3) is 0 Å². The fourth-order valence-electron chi connectivity index (χ4n) is 2.40. The SMILES string of the molecule is CC(Sc1nncn1C)C(=O)NC(C1CC1)C1CC1. The maximum atomic E-state index is 12.3. The summed E-state index contributed by atoms with van der Waals surface area (Å²) in [6, 6.07) is 0.426. The van der Waals surface area contributed by atoms with E-state index >= 15 is 0 Å². The molecule has 0 spiro atoms. The minimum absolute atomic E-state index is 0.122. The van der Waals surface area contributed by atoms with Crippen LogP contribution in [0.2, 0.25) is 0 Å². The number of hydrogen-bond donors (Lipinski definition) is 1. The summed E-state index contributed by atoms with van der Waals surface area (Å²) in [5, 5.41) is 11.8. The van der Waals surface area contributed by atoms with Crippen LogP contribution in [-0.4, -0.2) is 32.0 Å². The third-order valence-electron chi connectivity index (χ3n) is 3.89. The summed E-state index contributed by atoms with van der Waals surface area (Å²) < 4.78 is 1.84. The van der Waals surface area contributed by atoms with E-state index in [4.69, 9.17) is 0 Å².